The van der Waals surface area contributed by atoms with Crippen LogP contribution in [0, 0.1) is 5.82 Å². The fraction of sp³-hybridized carbons (Fsp3) is 0.455. The van der Waals surface area contributed by atoms with Gasteiger partial charge in [0.05, 0.1) is 12.7 Å². The Morgan fingerprint density at radius 3 is 2.57 bits per heavy atom. The van der Waals surface area contributed by atoms with E-state index in [1.807, 2.05) is 6.92 Å². The first-order valence-electron chi connectivity index (χ1n) is 4.78. The monoisotopic (exact) mass is 198 g/mol. The minimum atomic E-state index is -0.310. The van der Waals surface area contributed by atoms with Crippen LogP contribution >= 0.6 is 0 Å². The third kappa shape index (κ3) is 3.75. The van der Waals surface area contributed by atoms with Crippen molar-refractivity contribution in [3.63, 3.8) is 0 Å². The number of benzene rings is 1. The summed E-state index contributed by atoms with van der Waals surface area (Å²) in [6.07, 6.45) is 1.02. The van der Waals surface area contributed by atoms with E-state index in [9.17, 15) is 9.50 Å². The zero-order valence-corrected chi connectivity index (χ0v) is 8.24. The lowest BCUT2D eigenvalue weighted by Crippen LogP contribution is -2.10. The summed E-state index contributed by atoms with van der Waals surface area (Å²) < 4.78 is 17.8. The molecule has 1 N–H and O–H groups in total. The third-order valence-corrected chi connectivity index (χ3v) is 2.00. The summed E-state index contributed by atoms with van der Waals surface area (Å²) in [7, 11) is 0. The molecular formula is C11H15FO2. The third-order valence-electron chi connectivity index (χ3n) is 2.00. The molecule has 0 heterocycles. The second-order valence-corrected chi connectivity index (χ2v) is 3.15. The molecule has 0 saturated heterocycles. The lowest BCUT2D eigenvalue weighted by atomic mass is 10.2. The molecule has 2 nitrogen and oxygen atoms in total. The molecule has 0 aromatic heterocycles. The van der Waals surface area contributed by atoms with Crippen molar-refractivity contribution in [1.82, 2.24) is 0 Å². The smallest absolute Gasteiger partial charge is 0.123 e. The van der Waals surface area contributed by atoms with E-state index < -0.39 is 0 Å². The number of ether oxygens (including phenoxy) is 1. The Kier molecular flexibility index (Phi) is 4.40. The van der Waals surface area contributed by atoms with Crippen molar-refractivity contribution >= 4 is 0 Å². The van der Waals surface area contributed by atoms with Crippen LogP contribution in [0.15, 0.2) is 24.3 Å². The highest BCUT2D eigenvalue weighted by Crippen LogP contribution is 2.11. The highest BCUT2D eigenvalue weighted by atomic mass is 19.1. The highest BCUT2D eigenvalue weighted by molar-refractivity contribution is 5.21. The van der Waals surface area contributed by atoms with Gasteiger partial charge in [0.25, 0.3) is 0 Å². The van der Waals surface area contributed by atoms with Crippen LogP contribution in [0.5, 0.6) is 5.75 Å². The summed E-state index contributed by atoms with van der Waals surface area (Å²) in [5, 5.41) is 9.24. The van der Waals surface area contributed by atoms with E-state index in [1.165, 1.54) is 12.1 Å². The molecule has 1 atom stereocenters. The van der Waals surface area contributed by atoms with Crippen LogP contribution < -0.4 is 4.74 Å². The molecule has 1 unspecified atom stereocenters. The van der Waals surface area contributed by atoms with Crippen LogP contribution in [0.3, 0.4) is 0 Å². The second-order valence-electron chi connectivity index (χ2n) is 3.15. The Hall–Kier alpha value is -1.09. The van der Waals surface area contributed by atoms with Crippen molar-refractivity contribution in [3.8, 4) is 5.75 Å². The predicted octanol–water partition coefficient (Wildman–Crippen LogP) is 2.37. The van der Waals surface area contributed by atoms with Crippen molar-refractivity contribution in [1.29, 1.82) is 0 Å². The average Bonchev–Trinajstić information content (AvgIpc) is 2.21. The van der Waals surface area contributed by atoms with E-state index >= 15 is 0 Å². The van der Waals surface area contributed by atoms with E-state index in [0.717, 1.165) is 6.42 Å². The fourth-order valence-corrected chi connectivity index (χ4v) is 1.05. The molecule has 0 bridgehead atoms. The molecule has 14 heavy (non-hydrogen) atoms. The van der Waals surface area contributed by atoms with Crippen LogP contribution in [0.2, 0.25) is 0 Å². The van der Waals surface area contributed by atoms with Gasteiger partial charge in [0.15, 0.2) is 0 Å². The summed E-state index contributed by atoms with van der Waals surface area (Å²) in [4.78, 5) is 0. The first-order chi connectivity index (χ1) is 6.72. The minimum absolute atomic E-state index is 0.272. The van der Waals surface area contributed by atoms with Crippen molar-refractivity contribution < 1.29 is 14.2 Å². The number of aliphatic hydroxyl groups excluding tert-OH is 1. The Morgan fingerprint density at radius 2 is 2.00 bits per heavy atom. The van der Waals surface area contributed by atoms with Crippen LogP contribution in [0.25, 0.3) is 0 Å². The molecule has 0 aliphatic heterocycles. The number of hydrogen-bond donors (Lipinski definition) is 1. The first kappa shape index (κ1) is 11.0. The van der Waals surface area contributed by atoms with Gasteiger partial charge in [0.1, 0.15) is 11.6 Å². The maximum absolute atomic E-state index is 12.5. The van der Waals surface area contributed by atoms with Crippen molar-refractivity contribution in [2.24, 2.45) is 0 Å². The largest absolute Gasteiger partial charge is 0.493 e. The standard InChI is InChI=1S/C11H15FO2/c1-2-10(13)7-8-14-11-5-3-9(12)4-6-11/h3-6,10,13H,2,7-8H2,1H3. The van der Waals surface area contributed by atoms with Crippen LogP contribution in [0.4, 0.5) is 4.39 Å². The van der Waals surface area contributed by atoms with Gasteiger partial charge in [-0.15, -0.1) is 0 Å². The molecular weight excluding hydrogens is 183 g/mol. The summed E-state index contributed by atoms with van der Waals surface area (Å²) >= 11 is 0. The molecule has 1 aromatic carbocycles. The van der Waals surface area contributed by atoms with Crippen LogP contribution in [-0.2, 0) is 0 Å². The van der Waals surface area contributed by atoms with Gasteiger partial charge in [-0.3, -0.25) is 0 Å². The van der Waals surface area contributed by atoms with Gasteiger partial charge < -0.3 is 9.84 Å². The lowest BCUT2D eigenvalue weighted by Gasteiger charge is -2.09. The summed E-state index contributed by atoms with van der Waals surface area (Å²) in [6, 6.07) is 5.86. The molecule has 0 saturated carbocycles. The molecule has 0 radical (unpaired) electrons. The summed E-state index contributed by atoms with van der Waals surface area (Å²) in [5.41, 5.74) is 0. The minimum Gasteiger partial charge on any atom is -0.493 e. The molecule has 78 valence electrons. The van der Waals surface area contributed by atoms with Crippen LogP contribution in [-0.4, -0.2) is 17.8 Å². The predicted molar refractivity (Wildman–Crippen MR) is 52.8 cm³/mol. The number of hydrogen-bond acceptors (Lipinski definition) is 2. The maximum atomic E-state index is 12.5. The molecule has 1 aromatic rings. The summed E-state index contributed by atoms with van der Waals surface area (Å²) in [5.74, 6) is 0.362. The summed E-state index contributed by atoms with van der Waals surface area (Å²) in [6.45, 7) is 2.38. The zero-order chi connectivity index (χ0) is 10.4. The van der Waals surface area contributed by atoms with Gasteiger partial charge >= 0.3 is 0 Å². The SMILES string of the molecule is CCC(O)CCOc1ccc(F)cc1. The fourth-order valence-electron chi connectivity index (χ4n) is 1.05. The molecule has 0 aliphatic rings. The van der Waals surface area contributed by atoms with E-state index in [-0.39, 0.29) is 11.9 Å². The highest BCUT2D eigenvalue weighted by Gasteiger charge is 2.00. The number of halogens is 1. The number of rotatable bonds is 5. The Morgan fingerprint density at radius 1 is 1.36 bits per heavy atom. The van der Waals surface area contributed by atoms with Gasteiger partial charge in [-0.25, -0.2) is 4.39 Å². The van der Waals surface area contributed by atoms with Gasteiger partial charge in [-0.2, -0.15) is 0 Å². The molecule has 3 heteroatoms. The van der Waals surface area contributed by atoms with Crippen molar-refractivity contribution in [2.45, 2.75) is 25.9 Å². The molecule has 0 aliphatic carbocycles. The Labute approximate surface area is 83.3 Å². The van der Waals surface area contributed by atoms with E-state index in [1.54, 1.807) is 12.1 Å². The maximum Gasteiger partial charge on any atom is 0.123 e. The second kappa shape index (κ2) is 5.60. The van der Waals surface area contributed by atoms with Crippen LogP contribution in [0.1, 0.15) is 19.8 Å². The zero-order valence-electron chi connectivity index (χ0n) is 8.24. The van der Waals surface area contributed by atoms with Gasteiger partial charge in [-0.05, 0) is 30.7 Å². The molecule has 0 spiro atoms. The van der Waals surface area contributed by atoms with Crippen molar-refractivity contribution in [2.75, 3.05) is 6.61 Å². The Bertz CT molecular complexity index is 258. The van der Waals surface area contributed by atoms with Gasteiger partial charge in [0.2, 0.25) is 0 Å². The quantitative estimate of drug-likeness (QED) is 0.787. The lowest BCUT2D eigenvalue weighted by molar-refractivity contribution is 0.135. The first-order valence-corrected chi connectivity index (χ1v) is 4.78. The number of aliphatic hydroxyl groups is 1. The van der Waals surface area contributed by atoms with Gasteiger partial charge in [0, 0.05) is 6.42 Å². The molecule has 1 rings (SSSR count). The van der Waals surface area contributed by atoms with E-state index in [4.69, 9.17) is 4.74 Å². The van der Waals surface area contributed by atoms with E-state index in [0.29, 0.717) is 18.8 Å². The van der Waals surface area contributed by atoms with Crippen molar-refractivity contribution in [3.05, 3.63) is 30.1 Å². The molecule has 0 fully saturated rings. The Balaban J connectivity index is 2.28. The van der Waals surface area contributed by atoms with E-state index in [2.05, 4.69) is 0 Å². The molecule has 0 amide bonds. The average molecular weight is 198 g/mol. The normalized spacial score (nSPS) is 12.5. The topological polar surface area (TPSA) is 29.5 Å². The van der Waals surface area contributed by atoms with Gasteiger partial charge in [-0.1, -0.05) is 6.92 Å².